The first-order valence-electron chi connectivity index (χ1n) is 6.38. The highest BCUT2D eigenvalue weighted by Gasteiger charge is 2.15. The van der Waals surface area contributed by atoms with E-state index >= 15 is 0 Å². The molecule has 0 heterocycles. The zero-order valence-corrected chi connectivity index (χ0v) is 12.4. The number of nitrogens with two attached hydrogens (primary N) is 1. The zero-order valence-electron chi connectivity index (χ0n) is 11.6. The van der Waals surface area contributed by atoms with E-state index in [-0.39, 0.29) is 11.6 Å². The van der Waals surface area contributed by atoms with Gasteiger partial charge in [-0.15, -0.1) is 0 Å². The lowest BCUT2D eigenvalue weighted by Gasteiger charge is -2.04. The fourth-order valence-electron chi connectivity index (χ4n) is 1.58. The molecular weight excluding hydrogens is 290 g/mol. The predicted molar refractivity (Wildman–Crippen MR) is 83.1 cm³/mol. The number of hydrogen-bond acceptors (Lipinski definition) is 3. The van der Waals surface area contributed by atoms with E-state index in [9.17, 15) is 4.79 Å². The first kappa shape index (κ1) is 17.2. The molecule has 5 heteroatoms. The highest BCUT2D eigenvalue weighted by molar-refractivity contribution is 6.30. The lowest BCUT2D eigenvalue weighted by atomic mass is 10.1. The maximum absolute atomic E-state index is 10.3. The molecule has 0 fully saturated rings. The summed E-state index contributed by atoms with van der Waals surface area (Å²) in [5, 5.41) is 17.9. The number of carbonyl (C=O) groups is 1. The Labute approximate surface area is 128 Å². The van der Waals surface area contributed by atoms with Crippen molar-refractivity contribution in [2.75, 3.05) is 0 Å². The van der Waals surface area contributed by atoms with Crippen molar-refractivity contribution in [3.05, 3.63) is 70.7 Å². The van der Waals surface area contributed by atoms with Gasteiger partial charge in [-0.25, -0.2) is 4.79 Å². The minimum absolute atomic E-state index is 0.159. The second-order valence-electron chi connectivity index (χ2n) is 4.50. The van der Waals surface area contributed by atoms with Crippen molar-refractivity contribution in [2.45, 2.75) is 19.1 Å². The van der Waals surface area contributed by atoms with Crippen LogP contribution in [-0.2, 0) is 4.79 Å². The van der Waals surface area contributed by atoms with Crippen LogP contribution in [0.25, 0.3) is 0 Å². The monoisotopic (exact) mass is 307 g/mol. The molecule has 21 heavy (non-hydrogen) atoms. The van der Waals surface area contributed by atoms with Crippen LogP contribution in [0.5, 0.6) is 0 Å². The van der Waals surface area contributed by atoms with Crippen LogP contribution in [0, 0.1) is 0 Å². The van der Waals surface area contributed by atoms with Crippen LogP contribution in [0.15, 0.2) is 54.6 Å². The predicted octanol–water partition coefficient (Wildman–Crippen LogP) is 3.16. The van der Waals surface area contributed by atoms with E-state index in [0.29, 0.717) is 5.02 Å². The fourth-order valence-corrected chi connectivity index (χ4v) is 1.77. The number of rotatable bonds is 3. The lowest BCUT2D eigenvalue weighted by Crippen LogP contribution is -2.09. The van der Waals surface area contributed by atoms with Gasteiger partial charge in [-0.05, 0) is 30.2 Å². The SMILES string of the molecule is CC(N)c1ccccc1.O=C(O)[C@H](O)c1cccc(Cl)c1. The normalized spacial score (nSPS) is 12.8. The third-order valence-corrected chi connectivity index (χ3v) is 2.96. The number of benzene rings is 2. The van der Waals surface area contributed by atoms with E-state index in [2.05, 4.69) is 0 Å². The van der Waals surface area contributed by atoms with Gasteiger partial charge in [0.15, 0.2) is 6.10 Å². The maximum atomic E-state index is 10.3. The van der Waals surface area contributed by atoms with Crippen LogP contribution in [0.2, 0.25) is 5.02 Å². The third-order valence-electron chi connectivity index (χ3n) is 2.72. The van der Waals surface area contributed by atoms with Crippen LogP contribution >= 0.6 is 11.6 Å². The van der Waals surface area contributed by atoms with Crippen LogP contribution in [0.4, 0.5) is 0 Å². The maximum Gasteiger partial charge on any atom is 0.337 e. The number of carboxylic acid groups (broad SMARTS) is 1. The summed E-state index contributed by atoms with van der Waals surface area (Å²) in [4.78, 5) is 10.3. The van der Waals surface area contributed by atoms with Gasteiger partial charge in [-0.1, -0.05) is 54.1 Å². The molecule has 0 saturated carbocycles. The molecule has 0 amide bonds. The second kappa shape index (κ2) is 8.42. The van der Waals surface area contributed by atoms with Gasteiger partial charge >= 0.3 is 5.97 Å². The van der Waals surface area contributed by atoms with E-state index in [1.165, 1.54) is 17.7 Å². The van der Waals surface area contributed by atoms with Crippen molar-refractivity contribution in [3.8, 4) is 0 Å². The van der Waals surface area contributed by atoms with Gasteiger partial charge in [0.1, 0.15) is 0 Å². The third kappa shape index (κ3) is 5.95. The van der Waals surface area contributed by atoms with Crippen LogP contribution in [0.3, 0.4) is 0 Å². The van der Waals surface area contributed by atoms with Gasteiger partial charge in [-0.2, -0.15) is 0 Å². The van der Waals surface area contributed by atoms with Crippen LogP contribution in [0.1, 0.15) is 30.2 Å². The molecule has 0 radical (unpaired) electrons. The van der Waals surface area contributed by atoms with E-state index in [0.717, 1.165) is 0 Å². The highest BCUT2D eigenvalue weighted by atomic mass is 35.5. The molecule has 112 valence electrons. The number of halogens is 1. The molecule has 0 aliphatic carbocycles. The Balaban J connectivity index is 0.000000219. The molecular formula is C16H18ClNO3. The average Bonchev–Trinajstić information content (AvgIpc) is 2.48. The van der Waals surface area contributed by atoms with Crippen molar-refractivity contribution >= 4 is 17.6 Å². The molecule has 4 nitrogen and oxygen atoms in total. The Kier molecular flexibility index (Phi) is 6.88. The van der Waals surface area contributed by atoms with Gasteiger partial charge in [0.05, 0.1) is 0 Å². The van der Waals surface area contributed by atoms with Crippen LogP contribution in [-0.4, -0.2) is 16.2 Å². The molecule has 1 unspecified atom stereocenters. The van der Waals surface area contributed by atoms with E-state index in [1.807, 2.05) is 37.3 Å². The van der Waals surface area contributed by atoms with Crippen molar-refractivity contribution < 1.29 is 15.0 Å². The van der Waals surface area contributed by atoms with Gasteiger partial charge in [0.25, 0.3) is 0 Å². The van der Waals surface area contributed by atoms with Crippen LogP contribution < -0.4 is 5.73 Å². The first-order chi connectivity index (χ1) is 9.91. The van der Waals surface area contributed by atoms with Gasteiger partial charge < -0.3 is 15.9 Å². The Hall–Kier alpha value is -1.88. The molecule has 2 rings (SSSR count). The summed E-state index contributed by atoms with van der Waals surface area (Å²) in [7, 11) is 0. The molecule has 0 spiro atoms. The number of hydrogen-bond donors (Lipinski definition) is 3. The van der Waals surface area contributed by atoms with Crippen molar-refractivity contribution in [3.63, 3.8) is 0 Å². The van der Waals surface area contributed by atoms with E-state index < -0.39 is 12.1 Å². The summed E-state index contributed by atoms with van der Waals surface area (Å²) in [6, 6.07) is 16.3. The molecule has 2 atom stereocenters. The van der Waals surface area contributed by atoms with Gasteiger partial charge in [-0.3, -0.25) is 0 Å². The molecule has 2 aromatic rings. The zero-order chi connectivity index (χ0) is 15.8. The van der Waals surface area contributed by atoms with E-state index in [4.69, 9.17) is 27.5 Å². The molecule has 0 aliphatic rings. The fraction of sp³-hybridized carbons (Fsp3) is 0.188. The Morgan fingerprint density at radius 1 is 1.10 bits per heavy atom. The highest BCUT2D eigenvalue weighted by Crippen LogP contribution is 2.17. The van der Waals surface area contributed by atoms with Gasteiger partial charge in [0, 0.05) is 11.1 Å². The van der Waals surface area contributed by atoms with Crippen molar-refractivity contribution in [1.82, 2.24) is 0 Å². The van der Waals surface area contributed by atoms with Crippen molar-refractivity contribution in [1.29, 1.82) is 0 Å². The smallest absolute Gasteiger partial charge is 0.337 e. The van der Waals surface area contributed by atoms with E-state index in [1.54, 1.807) is 12.1 Å². The number of aliphatic hydroxyl groups is 1. The summed E-state index contributed by atoms with van der Waals surface area (Å²) < 4.78 is 0. The molecule has 0 aromatic heterocycles. The Morgan fingerprint density at radius 2 is 1.67 bits per heavy atom. The minimum atomic E-state index is -1.50. The summed E-state index contributed by atoms with van der Waals surface area (Å²) >= 11 is 5.59. The Bertz CT molecular complexity index is 573. The van der Waals surface area contributed by atoms with Gasteiger partial charge in [0.2, 0.25) is 0 Å². The summed E-state index contributed by atoms with van der Waals surface area (Å²) in [6.45, 7) is 1.98. The molecule has 0 aliphatic heterocycles. The summed E-state index contributed by atoms with van der Waals surface area (Å²) in [6.07, 6.45) is -1.50. The number of carboxylic acids is 1. The molecule has 0 saturated heterocycles. The largest absolute Gasteiger partial charge is 0.479 e. The minimum Gasteiger partial charge on any atom is -0.479 e. The summed E-state index contributed by atoms with van der Waals surface area (Å²) in [5.74, 6) is -1.28. The average molecular weight is 308 g/mol. The Morgan fingerprint density at radius 3 is 2.10 bits per heavy atom. The summed E-state index contributed by atoms with van der Waals surface area (Å²) in [5.41, 5.74) is 7.09. The molecule has 4 N–H and O–H groups in total. The topological polar surface area (TPSA) is 83.6 Å². The number of aliphatic hydroxyl groups excluding tert-OH is 1. The standard InChI is InChI=1S/C8H7ClO3.C8H11N/c9-6-3-1-2-5(4-6)7(10)8(11)12;1-7(9)8-5-3-2-4-6-8/h1-4,7,10H,(H,11,12);2-7H,9H2,1H3/t7-;/m1./s1. The second-order valence-corrected chi connectivity index (χ2v) is 4.93. The van der Waals surface area contributed by atoms with Crippen molar-refractivity contribution in [2.24, 2.45) is 5.73 Å². The molecule has 2 aromatic carbocycles. The number of aliphatic carboxylic acids is 1. The quantitative estimate of drug-likeness (QED) is 0.813. The lowest BCUT2D eigenvalue weighted by molar-refractivity contribution is -0.146. The first-order valence-corrected chi connectivity index (χ1v) is 6.76. The molecule has 0 bridgehead atoms.